The summed E-state index contributed by atoms with van der Waals surface area (Å²) < 4.78 is 36.6. The molecule has 5 heteroatoms. The van der Waals surface area contributed by atoms with Crippen LogP contribution >= 0.6 is 11.3 Å². The first-order chi connectivity index (χ1) is 5.96. The molecule has 1 aromatic rings. The van der Waals surface area contributed by atoms with E-state index in [9.17, 15) is 13.2 Å². The number of alkyl halides is 3. The summed E-state index contributed by atoms with van der Waals surface area (Å²) in [5, 5.41) is 1.64. The Labute approximate surface area is 78.4 Å². The zero-order valence-corrected chi connectivity index (χ0v) is 7.88. The van der Waals surface area contributed by atoms with Crippen molar-refractivity contribution in [3.05, 3.63) is 21.9 Å². The van der Waals surface area contributed by atoms with Gasteiger partial charge in [0.15, 0.2) is 0 Å². The Balaban J connectivity index is 2.94. The molecule has 1 heterocycles. The van der Waals surface area contributed by atoms with Gasteiger partial charge in [0, 0.05) is 4.88 Å². The van der Waals surface area contributed by atoms with Crippen LogP contribution in [-0.2, 0) is 6.42 Å². The molecule has 1 aromatic heterocycles. The number of rotatable bonds is 2. The lowest BCUT2D eigenvalue weighted by molar-refractivity contribution is -0.148. The number of nitrogens with two attached hydrogens (primary N) is 1. The van der Waals surface area contributed by atoms with Crippen molar-refractivity contribution < 1.29 is 13.2 Å². The molecule has 2 N–H and O–H groups in total. The molecule has 0 spiro atoms. The van der Waals surface area contributed by atoms with Gasteiger partial charge in [-0.25, -0.2) is 0 Å². The smallest absolute Gasteiger partial charge is 0.316 e. The van der Waals surface area contributed by atoms with E-state index in [4.69, 9.17) is 5.73 Å². The van der Waals surface area contributed by atoms with Crippen molar-refractivity contribution in [3.8, 4) is 0 Å². The maximum Gasteiger partial charge on any atom is 0.408 e. The number of hydrogen-bond acceptors (Lipinski definition) is 2. The molecule has 1 unspecified atom stereocenters. The average molecular weight is 209 g/mol. The monoisotopic (exact) mass is 209 g/mol. The molecule has 13 heavy (non-hydrogen) atoms. The Hall–Kier alpha value is -0.550. The van der Waals surface area contributed by atoms with Gasteiger partial charge in [0.2, 0.25) is 0 Å². The van der Waals surface area contributed by atoms with Gasteiger partial charge in [-0.3, -0.25) is 0 Å². The van der Waals surface area contributed by atoms with Crippen molar-refractivity contribution in [3.63, 3.8) is 0 Å². The molecule has 1 atom stereocenters. The summed E-state index contributed by atoms with van der Waals surface area (Å²) in [6, 6.07) is -0.145. The maximum absolute atomic E-state index is 12.2. The van der Waals surface area contributed by atoms with E-state index in [0.717, 1.165) is 11.3 Å². The van der Waals surface area contributed by atoms with Crippen molar-refractivity contribution in [2.45, 2.75) is 25.6 Å². The van der Waals surface area contributed by atoms with Gasteiger partial charge in [0.25, 0.3) is 0 Å². The molecule has 0 amide bonds. The number of halogens is 3. The molecule has 0 aliphatic heterocycles. The van der Waals surface area contributed by atoms with Gasteiger partial charge < -0.3 is 5.73 Å². The zero-order chi connectivity index (χ0) is 10.1. The Bertz CT molecular complexity index is 279. The predicted molar refractivity (Wildman–Crippen MR) is 46.7 cm³/mol. The normalized spacial score (nSPS) is 14.5. The quantitative estimate of drug-likeness (QED) is 0.796. The Morgan fingerprint density at radius 1 is 1.54 bits per heavy atom. The van der Waals surface area contributed by atoms with E-state index in [-0.39, 0.29) is 4.88 Å². The molecule has 0 aliphatic rings. The van der Waals surface area contributed by atoms with Gasteiger partial charge in [-0.05, 0) is 23.4 Å². The highest BCUT2D eigenvalue weighted by molar-refractivity contribution is 7.10. The summed E-state index contributed by atoms with van der Waals surface area (Å²) in [5.41, 5.74) is 5.77. The van der Waals surface area contributed by atoms with Crippen LogP contribution in [0.5, 0.6) is 0 Å². The summed E-state index contributed by atoms with van der Waals surface area (Å²) in [6.07, 6.45) is -3.75. The third kappa shape index (κ3) is 2.22. The van der Waals surface area contributed by atoms with Crippen LogP contribution in [0.2, 0.25) is 0 Å². The number of hydrogen-bond donors (Lipinski definition) is 1. The highest BCUT2D eigenvalue weighted by Gasteiger charge is 2.39. The largest absolute Gasteiger partial charge is 0.408 e. The molecular weight excluding hydrogens is 199 g/mol. The summed E-state index contributed by atoms with van der Waals surface area (Å²) in [7, 11) is 0. The predicted octanol–water partition coefficient (Wildman–Crippen LogP) is 2.87. The van der Waals surface area contributed by atoms with Crippen LogP contribution in [0.15, 0.2) is 11.4 Å². The van der Waals surface area contributed by atoms with Crippen molar-refractivity contribution in [1.29, 1.82) is 0 Å². The first kappa shape index (κ1) is 10.5. The van der Waals surface area contributed by atoms with Gasteiger partial charge in [-0.1, -0.05) is 6.92 Å². The van der Waals surface area contributed by atoms with Crippen LogP contribution in [0.4, 0.5) is 13.2 Å². The van der Waals surface area contributed by atoms with Crippen LogP contribution in [0.3, 0.4) is 0 Å². The minimum absolute atomic E-state index is 0.231. The second-order valence-corrected chi connectivity index (χ2v) is 3.63. The second kappa shape index (κ2) is 3.67. The zero-order valence-electron chi connectivity index (χ0n) is 7.06. The van der Waals surface area contributed by atoms with Crippen molar-refractivity contribution in [2.24, 2.45) is 5.73 Å². The minimum Gasteiger partial charge on any atom is -0.316 e. The molecule has 0 radical (unpaired) electrons. The molecule has 0 fully saturated rings. The summed E-state index contributed by atoms with van der Waals surface area (Å²) in [4.78, 5) is 0.231. The van der Waals surface area contributed by atoms with Crippen LogP contribution in [0, 0.1) is 0 Å². The first-order valence-electron chi connectivity index (χ1n) is 3.85. The summed E-state index contributed by atoms with van der Waals surface area (Å²) in [6.45, 7) is 1.81. The lowest BCUT2D eigenvalue weighted by atomic mass is 10.1. The van der Waals surface area contributed by atoms with Gasteiger partial charge in [-0.2, -0.15) is 13.2 Å². The van der Waals surface area contributed by atoms with Gasteiger partial charge in [0.05, 0.1) is 0 Å². The van der Waals surface area contributed by atoms with Gasteiger partial charge in [0.1, 0.15) is 6.04 Å². The Kier molecular flexibility index (Phi) is 2.98. The molecule has 0 saturated carbocycles. The third-order valence-corrected chi connectivity index (χ3v) is 2.84. The molecule has 0 aliphatic carbocycles. The van der Waals surface area contributed by atoms with Crippen LogP contribution < -0.4 is 5.73 Å². The van der Waals surface area contributed by atoms with E-state index in [2.05, 4.69) is 0 Å². The van der Waals surface area contributed by atoms with E-state index in [0.29, 0.717) is 12.0 Å². The Morgan fingerprint density at radius 2 is 2.15 bits per heavy atom. The first-order valence-corrected chi connectivity index (χ1v) is 4.73. The fourth-order valence-corrected chi connectivity index (χ4v) is 2.08. The Morgan fingerprint density at radius 3 is 2.62 bits per heavy atom. The van der Waals surface area contributed by atoms with E-state index < -0.39 is 12.2 Å². The lowest BCUT2D eigenvalue weighted by Crippen LogP contribution is -2.28. The van der Waals surface area contributed by atoms with Crippen LogP contribution in [-0.4, -0.2) is 6.18 Å². The van der Waals surface area contributed by atoms with Crippen LogP contribution in [0.25, 0.3) is 0 Å². The molecule has 1 nitrogen and oxygen atoms in total. The van der Waals surface area contributed by atoms with Gasteiger partial charge in [-0.15, -0.1) is 11.3 Å². The van der Waals surface area contributed by atoms with Crippen molar-refractivity contribution >= 4 is 11.3 Å². The standard InChI is InChI=1S/C8H10F3NS/c1-2-5-3-4-13-6(5)7(12)8(9,10)11/h3-4,7H,2,12H2,1H3. The molecule has 74 valence electrons. The SMILES string of the molecule is CCc1ccsc1C(N)C(F)(F)F. The summed E-state index contributed by atoms with van der Waals surface area (Å²) in [5.74, 6) is 0. The van der Waals surface area contributed by atoms with E-state index >= 15 is 0 Å². The minimum atomic E-state index is -4.34. The average Bonchev–Trinajstić information content (AvgIpc) is 2.48. The fraction of sp³-hybridized carbons (Fsp3) is 0.500. The molecule has 0 saturated heterocycles. The lowest BCUT2D eigenvalue weighted by Gasteiger charge is -2.15. The molecular formula is C8H10F3NS. The fourth-order valence-electron chi connectivity index (χ4n) is 1.06. The summed E-state index contributed by atoms with van der Waals surface area (Å²) >= 11 is 1.06. The number of aryl methyl sites for hydroxylation is 1. The van der Waals surface area contributed by atoms with Gasteiger partial charge >= 0.3 is 6.18 Å². The topological polar surface area (TPSA) is 26.0 Å². The molecule has 0 bridgehead atoms. The van der Waals surface area contributed by atoms with E-state index in [1.165, 1.54) is 0 Å². The van der Waals surface area contributed by atoms with E-state index in [1.807, 2.05) is 6.92 Å². The van der Waals surface area contributed by atoms with Crippen molar-refractivity contribution in [2.75, 3.05) is 0 Å². The highest BCUT2D eigenvalue weighted by atomic mass is 32.1. The highest BCUT2D eigenvalue weighted by Crippen LogP contribution is 2.35. The molecule has 0 aromatic carbocycles. The van der Waals surface area contributed by atoms with E-state index in [1.54, 1.807) is 11.4 Å². The van der Waals surface area contributed by atoms with Crippen LogP contribution in [0.1, 0.15) is 23.4 Å². The second-order valence-electron chi connectivity index (χ2n) is 2.68. The molecule has 1 rings (SSSR count). The number of thiophene rings is 1. The third-order valence-electron chi connectivity index (χ3n) is 1.80. The maximum atomic E-state index is 12.2. The van der Waals surface area contributed by atoms with Crippen molar-refractivity contribution in [1.82, 2.24) is 0 Å².